The highest BCUT2D eigenvalue weighted by Crippen LogP contribution is 2.36. The Hall–Kier alpha value is -0.290. The topological polar surface area (TPSA) is 57.6 Å². The van der Waals surface area contributed by atoms with Crippen LogP contribution >= 0.6 is 56.9 Å². The molecule has 1 N–H and O–H groups in total. The molecule has 1 fully saturated rings. The van der Waals surface area contributed by atoms with E-state index in [4.69, 9.17) is 0 Å². The fourth-order valence-corrected chi connectivity index (χ4v) is 4.69. The summed E-state index contributed by atoms with van der Waals surface area (Å²) in [5, 5.41) is 9.83. The molecule has 112 valence electrons. The predicted octanol–water partition coefficient (Wildman–Crippen LogP) is 4.44. The predicted molar refractivity (Wildman–Crippen MR) is 101 cm³/mol. The first-order chi connectivity index (χ1) is 9.85. The Labute approximate surface area is 154 Å². The zero-order chi connectivity index (χ0) is 15.7. The molecule has 7 heteroatoms. The first kappa shape index (κ1) is 17.1. The van der Waals surface area contributed by atoms with Crippen molar-refractivity contribution in [1.29, 1.82) is 0 Å². The largest absolute Gasteiger partial charge is 0.506 e. The van der Waals surface area contributed by atoms with E-state index in [-0.39, 0.29) is 22.9 Å². The van der Waals surface area contributed by atoms with Crippen LogP contribution in [0.25, 0.3) is 6.08 Å². The molecule has 21 heavy (non-hydrogen) atoms. The minimum Gasteiger partial charge on any atom is -0.506 e. The lowest BCUT2D eigenvalue weighted by Crippen LogP contribution is -2.36. The molecule has 0 aliphatic carbocycles. The molecule has 0 bridgehead atoms. The highest BCUT2D eigenvalue weighted by atomic mass is 127. The molecule has 0 radical (unpaired) electrons. The summed E-state index contributed by atoms with van der Waals surface area (Å²) in [5.74, 6) is -0.154. The van der Waals surface area contributed by atoms with E-state index in [0.29, 0.717) is 14.0 Å². The van der Waals surface area contributed by atoms with Gasteiger partial charge in [0.05, 0.1) is 8.48 Å². The van der Waals surface area contributed by atoms with E-state index in [2.05, 4.69) is 22.6 Å². The summed E-state index contributed by atoms with van der Waals surface area (Å²) in [5.41, 5.74) is 0.556. The van der Waals surface area contributed by atoms with E-state index in [1.54, 1.807) is 12.1 Å². The Morgan fingerprint density at radius 1 is 1.38 bits per heavy atom. The summed E-state index contributed by atoms with van der Waals surface area (Å²) in [6, 6.07) is 3.52. The van der Waals surface area contributed by atoms with Gasteiger partial charge in [0.15, 0.2) is 0 Å². The number of carbonyl (C=O) groups is 2. The quantitative estimate of drug-likeness (QED) is 0.465. The normalized spacial score (nSPS) is 18.7. The fourth-order valence-electron chi connectivity index (χ4n) is 1.88. The maximum Gasteiger partial charge on any atom is 0.293 e. The molecular weight excluding hydrogens is 516 g/mol. The van der Waals surface area contributed by atoms with Crippen LogP contribution in [0.15, 0.2) is 17.0 Å². The van der Waals surface area contributed by atoms with Crippen molar-refractivity contribution in [3.05, 3.63) is 29.7 Å². The first-order valence-corrected chi connectivity index (χ1v) is 9.27. The molecule has 1 aliphatic heterocycles. The van der Waals surface area contributed by atoms with Crippen molar-refractivity contribution < 1.29 is 14.7 Å². The Morgan fingerprint density at radius 2 is 2.05 bits per heavy atom. The number of imide groups is 1. The number of benzene rings is 1. The molecule has 1 aromatic rings. The van der Waals surface area contributed by atoms with E-state index in [1.165, 1.54) is 4.90 Å². The van der Waals surface area contributed by atoms with E-state index in [0.717, 1.165) is 21.8 Å². The summed E-state index contributed by atoms with van der Waals surface area (Å²) >= 11 is 5.11. The minimum atomic E-state index is -0.285. The molecule has 2 amide bonds. The van der Waals surface area contributed by atoms with Crippen LogP contribution in [0, 0.1) is 7.14 Å². The van der Waals surface area contributed by atoms with Crippen LogP contribution in [-0.4, -0.2) is 27.2 Å². The van der Waals surface area contributed by atoms with Crippen LogP contribution in [0.2, 0.25) is 0 Å². The molecule has 1 aromatic carbocycles. The molecule has 0 aromatic heterocycles. The lowest BCUT2D eigenvalue weighted by Gasteiger charge is -2.19. The summed E-state index contributed by atoms with van der Waals surface area (Å²) < 4.78 is 1.68. The van der Waals surface area contributed by atoms with Crippen LogP contribution in [0.1, 0.15) is 25.8 Å². The van der Waals surface area contributed by atoms with Crippen LogP contribution in [-0.2, 0) is 4.79 Å². The standard InChI is InChI=1S/C14H13I2NO3S/c1-3-7(2)17-13(19)11(21-14(17)20)5-8-4-9(15)6-10(16)12(8)18/h4-7,18H,3H2,1-2H3/b11-5+/t7-/m1/s1. The van der Waals surface area contributed by atoms with Crippen molar-refractivity contribution in [2.75, 3.05) is 0 Å². The van der Waals surface area contributed by atoms with Gasteiger partial charge in [0, 0.05) is 15.2 Å². The van der Waals surface area contributed by atoms with Gasteiger partial charge in [0.25, 0.3) is 11.1 Å². The zero-order valence-electron chi connectivity index (χ0n) is 11.4. The maximum absolute atomic E-state index is 12.3. The van der Waals surface area contributed by atoms with Crippen molar-refractivity contribution in [1.82, 2.24) is 4.90 Å². The van der Waals surface area contributed by atoms with E-state index < -0.39 is 0 Å². The Morgan fingerprint density at radius 3 is 2.67 bits per heavy atom. The first-order valence-electron chi connectivity index (χ1n) is 6.30. The number of nitrogens with zero attached hydrogens (tertiary/aromatic N) is 1. The van der Waals surface area contributed by atoms with Gasteiger partial charge in [-0.1, -0.05) is 6.92 Å². The maximum atomic E-state index is 12.3. The molecule has 2 rings (SSSR count). The van der Waals surface area contributed by atoms with Crippen molar-refractivity contribution in [3.8, 4) is 5.75 Å². The van der Waals surface area contributed by atoms with Gasteiger partial charge in [-0.25, -0.2) is 0 Å². The minimum absolute atomic E-state index is 0.118. The number of carbonyl (C=O) groups excluding carboxylic acids is 2. The number of thioether (sulfide) groups is 1. The Balaban J connectivity index is 2.40. The highest BCUT2D eigenvalue weighted by Gasteiger charge is 2.37. The van der Waals surface area contributed by atoms with Crippen LogP contribution in [0.5, 0.6) is 5.75 Å². The third-order valence-electron chi connectivity index (χ3n) is 3.20. The van der Waals surface area contributed by atoms with Crippen molar-refractivity contribution >= 4 is 74.2 Å². The van der Waals surface area contributed by atoms with Gasteiger partial charge in [-0.2, -0.15) is 0 Å². The number of rotatable bonds is 3. The van der Waals surface area contributed by atoms with E-state index in [9.17, 15) is 14.7 Å². The smallest absolute Gasteiger partial charge is 0.293 e. The lowest BCUT2D eigenvalue weighted by molar-refractivity contribution is -0.124. The average Bonchev–Trinajstić information content (AvgIpc) is 2.69. The summed E-state index contributed by atoms with van der Waals surface area (Å²) in [4.78, 5) is 25.9. The number of phenolic OH excluding ortho intramolecular Hbond substituents is 1. The van der Waals surface area contributed by atoms with Gasteiger partial charge >= 0.3 is 0 Å². The van der Waals surface area contributed by atoms with Crippen LogP contribution in [0.4, 0.5) is 4.79 Å². The average molecular weight is 529 g/mol. The molecule has 0 unspecified atom stereocenters. The van der Waals surface area contributed by atoms with Crippen molar-refractivity contribution in [3.63, 3.8) is 0 Å². The van der Waals surface area contributed by atoms with E-state index in [1.807, 2.05) is 42.5 Å². The number of amides is 2. The summed E-state index contributed by atoms with van der Waals surface area (Å²) in [7, 11) is 0. The third kappa shape index (κ3) is 3.55. The fraction of sp³-hybridized carbons (Fsp3) is 0.286. The summed E-state index contributed by atoms with van der Waals surface area (Å²) in [6.07, 6.45) is 2.31. The lowest BCUT2D eigenvalue weighted by atomic mass is 10.1. The third-order valence-corrected chi connectivity index (χ3v) is 5.53. The van der Waals surface area contributed by atoms with Gasteiger partial charge in [-0.05, 0) is 88.5 Å². The van der Waals surface area contributed by atoms with Gasteiger partial charge in [-0.15, -0.1) is 0 Å². The highest BCUT2D eigenvalue weighted by molar-refractivity contribution is 14.1. The van der Waals surface area contributed by atoms with Crippen molar-refractivity contribution in [2.45, 2.75) is 26.3 Å². The number of aromatic hydroxyl groups is 1. The van der Waals surface area contributed by atoms with Gasteiger partial charge in [-0.3, -0.25) is 14.5 Å². The molecule has 1 aliphatic rings. The molecule has 1 heterocycles. The van der Waals surface area contributed by atoms with Gasteiger partial charge in [0.2, 0.25) is 0 Å². The van der Waals surface area contributed by atoms with Crippen molar-refractivity contribution in [2.24, 2.45) is 0 Å². The number of hydrogen-bond acceptors (Lipinski definition) is 4. The van der Waals surface area contributed by atoms with Crippen LogP contribution < -0.4 is 0 Å². The molecule has 1 saturated heterocycles. The second-order valence-electron chi connectivity index (χ2n) is 4.63. The SMILES string of the molecule is CC[C@@H](C)N1C(=O)S/C(=C/c2cc(I)cc(I)c2O)C1=O. The van der Waals surface area contributed by atoms with Gasteiger partial charge < -0.3 is 5.11 Å². The molecular formula is C14H13I2NO3S. The van der Waals surface area contributed by atoms with Gasteiger partial charge in [0.1, 0.15) is 5.75 Å². The number of hydrogen-bond donors (Lipinski definition) is 1. The second kappa shape index (κ2) is 6.86. The van der Waals surface area contributed by atoms with Crippen LogP contribution in [0.3, 0.4) is 0 Å². The molecule has 4 nitrogen and oxygen atoms in total. The zero-order valence-corrected chi connectivity index (χ0v) is 16.5. The Kier molecular flexibility index (Phi) is 5.58. The molecule has 0 saturated carbocycles. The Bertz CT molecular complexity index is 645. The second-order valence-corrected chi connectivity index (χ2v) is 8.04. The molecule has 1 atom stereocenters. The number of phenols is 1. The molecule has 0 spiro atoms. The summed E-state index contributed by atoms with van der Waals surface area (Å²) in [6.45, 7) is 3.79. The van der Waals surface area contributed by atoms with E-state index >= 15 is 0 Å². The number of halogens is 2. The monoisotopic (exact) mass is 529 g/mol.